The van der Waals surface area contributed by atoms with Gasteiger partial charge in [-0.05, 0) is 56.0 Å². The van der Waals surface area contributed by atoms with Crippen LogP contribution in [0.1, 0.15) is 36.4 Å². The topological polar surface area (TPSA) is 49.4 Å². The summed E-state index contributed by atoms with van der Waals surface area (Å²) < 4.78 is 29.3. The Bertz CT molecular complexity index is 988. The second-order valence-corrected chi connectivity index (χ2v) is 9.57. The number of aryl methyl sites for hydroxylation is 1. The summed E-state index contributed by atoms with van der Waals surface area (Å²) in [6, 6.07) is 12.3. The van der Waals surface area contributed by atoms with Gasteiger partial charge in [0.05, 0.1) is 16.5 Å². The summed E-state index contributed by atoms with van der Waals surface area (Å²) in [4.78, 5) is 2.60. The molecule has 2 aromatic carbocycles. The van der Waals surface area contributed by atoms with Crippen LogP contribution in [-0.2, 0) is 10.0 Å². The van der Waals surface area contributed by atoms with Crippen LogP contribution < -0.4 is 9.62 Å². The van der Waals surface area contributed by atoms with Gasteiger partial charge in [-0.2, -0.15) is 0 Å². The summed E-state index contributed by atoms with van der Waals surface area (Å²) in [7, 11) is -3.65. The number of rotatable bonds is 5. The lowest BCUT2D eigenvalue weighted by atomic mass is 9.84. The molecule has 4 nitrogen and oxygen atoms in total. The molecule has 142 valence electrons. The molecule has 0 spiro atoms. The van der Waals surface area contributed by atoms with Crippen molar-refractivity contribution < 1.29 is 8.42 Å². The Labute approximate surface area is 165 Å². The second kappa shape index (κ2) is 6.66. The summed E-state index contributed by atoms with van der Waals surface area (Å²) >= 11 is 6.24. The Morgan fingerprint density at radius 2 is 2.04 bits per heavy atom. The third kappa shape index (κ3) is 2.98. The summed E-state index contributed by atoms with van der Waals surface area (Å²) in [6.07, 6.45) is 4.52. The van der Waals surface area contributed by atoms with E-state index in [9.17, 15) is 8.42 Å². The minimum Gasteiger partial charge on any atom is -0.363 e. The van der Waals surface area contributed by atoms with Crippen LogP contribution in [0, 0.1) is 6.92 Å². The molecule has 2 heterocycles. The van der Waals surface area contributed by atoms with Crippen LogP contribution in [0.25, 0.3) is 0 Å². The van der Waals surface area contributed by atoms with E-state index >= 15 is 0 Å². The molecule has 4 rings (SSSR count). The number of halogens is 1. The maximum atomic E-state index is 13.1. The van der Waals surface area contributed by atoms with E-state index < -0.39 is 10.0 Å². The Kier molecular flexibility index (Phi) is 4.57. The van der Waals surface area contributed by atoms with Gasteiger partial charge in [-0.15, -0.1) is 6.58 Å². The second-order valence-electron chi connectivity index (χ2n) is 7.42. The van der Waals surface area contributed by atoms with Crippen LogP contribution in [0.2, 0.25) is 5.02 Å². The maximum absolute atomic E-state index is 13.1. The zero-order valence-corrected chi connectivity index (χ0v) is 16.9. The van der Waals surface area contributed by atoms with Gasteiger partial charge in [-0.25, -0.2) is 13.1 Å². The minimum absolute atomic E-state index is 0.286. The summed E-state index contributed by atoms with van der Waals surface area (Å²) in [5, 5.41) is 0.662. The first kappa shape index (κ1) is 18.5. The molecule has 0 aromatic heterocycles. The third-order valence-corrected chi connectivity index (χ3v) is 7.44. The van der Waals surface area contributed by atoms with Gasteiger partial charge in [-0.3, -0.25) is 0 Å². The Balaban J connectivity index is 1.80. The molecule has 2 aliphatic rings. The quantitative estimate of drug-likeness (QED) is 0.743. The average molecular weight is 403 g/mol. The minimum atomic E-state index is -3.65. The first-order valence-corrected chi connectivity index (χ1v) is 11.0. The van der Waals surface area contributed by atoms with Crippen LogP contribution in [0.4, 0.5) is 5.69 Å². The van der Waals surface area contributed by atoms with E-state index in [4.69, 9.17) is 11.6 Å². The first-order chi connectivity index (χ1) is 12.9. The van der Waals surface area contributed by atoms with Crippen molar-refractivity contribution in [3.8, 4) is 0 Å². The van der Waals surface area contributed by atoms with Crippen LogP contribution in [-0.4, -0.2) is 20.5 Å². The molecule has 27 heavy (non-hydrogen) atoms. The largest absolute Gasteiger partial charge is 0.363 e. The van der Waals surface area contributed by atoms with Crippen molar-refractivity contribution in [1.82, 2.24) is 4.72 Å². The van der Waals surface area contributed by atoms with E-state index in [-0.39, 0.29) is 16.5 Å². The lowest BCUT2D eigenvalue weighted by Crippen LogP contribution is -2.49. The number of anilines is 1. The van der Waals surface area contributed by atoms with Gasteiger partial charge >= 0.3 is 0 Å². The molecule has 0 amide bonds. The van der Waals surface area contributed by atoms with Crippen LogP contribution in [0.5, 0.6) is 0 Å². The fourth-order valence-corrected chi connectivity index (χ4v) is 5.99. The van der Waals surface area contributed by atoms with E-state index in [0.29, 0.717) is 11.4 Å². The van der Waals surface area contributed by atoms with Crippen molar-refractivity contribution in [3.05, 3.63) is 71.3 Å². The van der Waals surface area contributed by atoms with E-state index in [1.165, 1.54) is 0 Å². The number of nitrogens with one attached hydrogen (secondary N) is 1. The molecule has 1 saturated heterocycles. The molecule has 1 fully saturated rings. The van der Waals surface area contributed by atoms with Crippen molar-refractivity contribution in [3.63, 3.8) is 0 Å². The highest BCUT2D eigenvalue weighted by atomic mass is 35.5. The Morgan fingerprint density at radius 3 is 2.74 bits per heavy atom. The van der Waals surface area contributed by atoms with Crippen LogP contribution in [0.3, 0.4) is 0 Å². The highest BCUT2D eigenvalue weighted by Gasteiger charge is 2.54. The van der Waals surface area contributed by atoms with Gasteiger partial charge in [-0.1, -0.05) is 41.4 Å². The molecule has 0 radical (unpaired) electrons. The Morgan fingerprint density at radius 1 is 1.30 bits per heavy atom. The molecule has 0 aliphatic carbocycles. The average Bonchev–Trinajstić information content (AvgIpc) is 3.13. The van der Waals surface area contributed by atoms with E-state index in [2.05, 4.69) is 16.2 Å². The van der Waals surface area contributed by atoms with Crippen molar-refractivity contribution in [2.75, 3.05) is 11.4 Å². The zero-order valence-electron chi connectivity index (χ0n) is 15.3. The molecule has 2 aromatic rings. The number of hydrogen-bond acceptors (Lipinski definition) is 3. The van der Waals surface area contributed by atoms with Gasteiger partial charge in [0.25, 0.3) is 0 Å². The van der Waals surface area contributed by atoms with E-state index in [0.717, 1.165) is 36.2 Å². The molecule has 6 heteroatoms. The molecular formula is C21H23ClN2O2S. The molecule has 2 aliphatic heterocycles. The first-order valence-electron chi connectivity index (χ1n) is 9.14. The SMILES string of the molecule is C=CC[C@@]12CCCN1c1cc(Cl)ccc1[C@H]2NS(=O)(=O)c1ccc(C)cc1. The normalized spacial score (nSPS) is 23.9. The molecular weight excluding hydrogens is 380 g/mol. The van der Waals surface area contributed by atoms with Gasteiger partial charge in [0.1, 0.15) is 0 Å². The van der Waals surface area contributed by atoms with Crippen molar-refractivity contribution in [2.24, 2.45) is 0 Å². The number of benzene rings is 2. The predicted molar refractivity (Wildman–Crippen MR) is 110 cm³/mol. The van der Waals surface area contributed by atoms with Crippen molar-refractivity contribution in [1.29, 1.82) is 0 Å². The smallest absolute Gasteiger partial charge is 0.241 e. The van der Waals surface area contributed by atoms with Gasteiger partial charge in [0, 0.05) is 17.3 Å². The van der Waals surface area contributed by atoms with Gasteiger partial charge < -0.3 is 4.90 Å². The number of hydrogen-bond donors (Lipinski definition) is 1. The molecule has 2 atom stereocenters. The summed E-state index contributed by atoms with van der Waals surface area (Å²) in [5.74, 6) is 0. The Hall–Kier alpha value is -1.82. The van der Waals surface area contributed by atoms with Crippen LogP contribution in [0.15, 0.2) is 60.0 Å². The van der Waals surface area contributed by atoms with Crippen molar-refractivity contribution >= 4 is 27.3 Å². The predicted octanol–water partition coefficient (Wildman–Crippen LogP) is 4.60. The molecule has 1 N–H and O–H groups in total. The van der Waals surface area contributed by atoms with E-state index in [1.54, 1.807) is 12.1 Å². The molecule has 0 bridgehead atoms. The third-order valence-electron chi connectivity index (χ3n) is 5.76. The summed E-state index contributed by atoms with van der Waals surface area (Å²) in [5.41, 5.74) is 2.71. The van der Waals surface area contributed by atoms with Crippen LogP contribution >= 0.6 is 11.6 Å². The highest BCUT2D eigenvalue weighted by molar-refractivity contribution is 7.89. The van der Waals surface area contributed by atoms with Gasteiger partial charge in [0.15, 0.2) is 0 Å². The fraction of sp³-hybridized carbons (Fsp3) is 0.333. The number of nitrogens with zero attached hydrogens (tertiary/aromatic N) is 1. The summed E-state index contributed by atoms with van der Waals surface area (Å²) in [6.45, 7) is 6.76. The van der Waals surface area contributed by atoms with E-state index in [1.807, 2.05) is 43.3 Å². The van der Waals surface area contributed by atoms with Gasteiger partial charge in [0.2, 0.25) is 10.0 Å². The molecule has 0 saturated carbocycles. The van der Waals surface area contributed by atoms with Crippen molar-refractivity contribution in [2.45, 2.75) is 42.7 Å². The lowest BCUT2D eigenvalue weighted by Gasteiger charge is -2.38. The monoisotopic (exact) mass is 402 g/mol. The number of fused-ring (bicyclic) bond motifs is 3. The highest BCUT2D eigenvalue weighted by Crippen LogP contribution is 2.54. The molecule has 0 unspecified atom stereocenters. The standard InChI is InChI=1S/C21H23ClN2O2S/c1-3-11-21-12-4-13-24(21)19-14-16(22)7-10-18(19)20(21)23-27(25,26)17-8-5-15(2)6-9-17/h3,5-10,14,20,23H,1,4,11-13H2,2H3/t20-,21+/m1/s1. The number of sulfonamides is 1. The lowest BCUT2D eigenvalue weighted by molar-refractivity contribution is 0.354. The zero-order chi connectivity index (χ0) is 19.2. The maximum Gasteiger partial charge on any atom is 0.241 e. The fourth-order valence-electron chi connectivity index (χ4n) is 4.54.